The summed E-state index contributed by atoms with van der Waals surface area (Å²) < 4.78 is 17.2. The first kappa shape index (κ1) is 22.6. The highest BCUT2D eigenvalue weighted by molar-refractivity contribution is 5.94. The molecule has 0 unspecified atom stereocenters. The fourth-order valence-electron chi connectivity index (χ4n) is 4.49. The summed E-state index contributed by atoms with van der Waals surface area (Å²) in [6, 6.07) is 14.3. The molecule has 5 rings (SSSR count). The summed E-state index contributed by atoms with van der Waals surface area (Å²) in [4.78, 5) is 35.1. The van der Waals surface area contributed by atoms with Crippen LogP contribution in [0.15, 0.2) is 53.3 Å². The maximum atomic E-state index is 13.5. The zero-order chi connectivity index (χ0) is 23.3. The highest BCUT2D eigenvalue weighted by atomic mass is 16.5. The Morgan fingerprint density at radius 3 is 2.50 bits per heavy atom. The molecule has 0 bridgehead atoms. The molecular formula is C26H29N3O5. The number of aromatic amines is 1. The van der Waals surface area contributed by atoms with Gasteiger partial charge in [-0.05, 0) is 62.1 Å². The molecule has 1 aromatic heterocycles. The number of nitrogens with one attached hydrogen (secondary N) is 1. The zero-order valence-corrected chi connectivity index (χ0v) is 19.1. The molecule has 2 atom stereocenters. The van der Waals surface area contributed by atoms with Crippen molar-refractivity contribution in [3.8, 4) is 5.75 Å². The predicted molar refractivity (Wildman–Crippen MR) is 127 cm³/mol. The van der Waals surface area contributed by atoms with Crippen LogP contribution in [0.5, 0.6) is 5.75 Å². The van der Waals surface area contributed by atoms with Gasteiger partial charge in [-0.2, -0.15) is 0 Å². The SMILES string of the molecule is O=C(c1ccc(OC[C@@H]2CCCO2)cc1)N(Cc1nc2ccccc2c(=O)[nH]1)C[C@H]1CCCO1. The van der Waals surface area contributed by atoms with Crippen molar-refractivity contribution in [2.45, 2.75) is 44.4 Å². The molecular weight excluding hydrogens is 434 g/mol. The van der Waals surface area contributed by atoms with Gasteiger partial charge in [0.05, 0.1) is 29.7 Å². The maximum Gasteiger partial charge on any atom is 0.258 e. The van der Waals surface area contributed by atoms with Crippen molar-refractivity contribution in [2.24, 2.45) is 0 Å². The van der Waals surface area contributed by atoms with Crippen LogP contribution in [-0.4, -0.2) is 59.3 Å². The van der Waals surface area contributed by atoms with Crippen molar-refractivity contribution >= 4 is 16.8 Å². The number of hydrogen-bond donors (Lipinski definition) is 1. The third kappa shape index (κ3) is 5.29. The lowest BCUT2D eigenvalue weighted by Crippen LogP contribution is -2.37. The molecule has 1 N–H and O–H groups in total. The first-order chi connectivity index (χ1) is 16.7. The van der Waals surface area contributed by atoms with Crippen LogP contribution in [-0.2, 0) is 16.0 Å². The molecule has 8 heteroatoms. The van der Waals surface area contributed by atoms with E-state index in [0.29, 0.717) is 47.8 Å². The topological polar surface area (TPSA) is 93.8 Å². The van der Waals surface area contributed by atoms with E-state index in [1.165, 1.54) is 0 Å². The number of carbonyl (C=O) groups excluding carboxylic acids is 1. The highest BCUT2D eigenvalue weighted by Gasteiger charge is 2.25. The summed E-state index contributed by atoms with van der Waals surface area (Å²) in [5, 5.41) is 0.529. The minimum Gasteiger partial charge on any atom is -0.491 e. The molecule has 2 aromatic carbocycles. The van der Waals surface area contributed by atoms with Gasteiger partial charge in [0, 0.05) is 25.3 Å². The van der Waals surface area contributed by atoms with Crippen molar-refractivity contribution in [1.29, 1.82) is 0 Å². The smallest absolute Gasteiger partial charge is 0.258 e. The Kier molecular flexibility index (Phi) is 6.87. The Morgan fingerprint density at radius 1 is 1.03 bits per heavy atom. The van der Waals surface area contributed by atoms with Crippen LogP contribution < -0.4 is 10.3 Å². The number of hydrogen-bond acceptors (Lipinski definition) is 6. The minimum atomic E-state index is -0.210. The van der Waals surface area contributed by atoms with E-state index in [-0.39, 0.29) is 30.2 Å². The third-order valence-electron chi connectivity index (χ3n) is 6.30. The van der Waals surface area contributed by atoms with Crippen molar-refractivity contribution in [3.05, 3.63) is 70.3 Å². The molecule has 178 valence electrons. The number of ether oxygens (including phenoxy) is 3. The van der Waals surface area contributed by atoms with E-state index in [1.54, 1.807) is 35.2 Å². The van der Waals surface area contributed by atoms with Crippen LogP contribution in [0.4, 0.5) is 0 Å². The summed E-state index contributed by atoms with van der Waals surface area (Å²) in [5.74, 6) is 1.02. The summed E-state index contributed by atoms with van der Waals surface area (Å²) in [6.45, 7) is 2.63. The largest absolute Gasteiger partial charge is 0.491 e. The molecule has 34 heavy (non-hydrogen) atoms. The molecule has 3 aromatic rings. The van der Waals surface area contributed by atoms with E-state index in [9.17, 15) is 9.59 Å². The van der Waals surface area contributed by atoms with E-state index in [2.05, 4.69) is 9.97 Å². The second-order valence-electron chi connectivity index (χ2n) is 8.82. The van der Waals surface area contributed by atoms with Crippen molar-refractivity contribution < 1.29 is 19.0 Å². The summed E-state index contributed by atoms with van der Waals surface area (Å²) in [7, 11) is 0. The number of aromatic nitrogens is 2. The second-order valence-corrected chi connectivity index (χ2v) is 8.82. The number of rotatable bonds is 8. The molecule has 0 spiro atoms. The quantitative estimate of drug-likeness (QED) is 0.551. The van der Waals surface area contributed by atoms with Crippen LogP contribution in [0.25, 0.3) is 10.9 Å². The Morgan fingerprint density at radius 2 is 1.76 bits per heavy atom. The Labute approximate surface area is 197 Å². The van der Waals surface area contributed by atoms with Crippen LogP contribution in [0, 0.1) is 0 Å². The lowest BCUT2D eigenvalue weighted by molar-refractivity contribution is 0.0501. The molecule has 0 radical (unpaired) electrons. The van der Waals surface area contributed by atoms with Crippen molar-refractivity contribution in [2.75, 3.05) is 26.4 Å². The second kappa shape index (κ2) is 10.4. The van der Waals surface area contributed by atoms with E-state index < -0.39 is 0 Å². The average molecular weight is 464 g/mol. The van der Waals surface area contributed by atoms with Crippen molar-refractivity contribution in [3.63, 3.8) is 0 Å². The van der Waals surface area contributed by atoms with Gasteiger partial charge < -0.3 is 24.1 Å². The molecule has 2 saturated heterocycles. The fourth-order valence-corrected chi connectivity index (χ4v) is 4.49. The van der Waals surface area contributed by atoms with Gasteiger partial charge in [-0.3, -0.25) is 9.59 Å². The number of carbonyl (C=O) groups is 1. The summed E-state index contributed by atoms with van der Waals surface area (Å²) in [5.41, 5.74) is 0.946. The van der Waals surface area contributed by atoms with E-state index in [4.69, 9.17) is 14.2 Å². The Balaban J connectivity index is 1.32. The van der Waals surface area contributed by atoms with Crippen LogP contribution in [0.2, 0.25) is 0 Å². The predicted octanol–water partition coefficient (Wildman–Crippen LogP) is 3.30. The van der Waals surface area contributed by atoms with Gasteiger partial charge in [0.1, 0.15) is 18.2 Å². The first-order valence-corrected chi connectivity index (χ1v) is 11.9. The molecule has 0 saturated carbocycles. The van der Waals surface area contributed by atoms with E-state index in [1.807, 2.05) is 18.2 Å². The number of amides is 1. The van der Waals surface area contributed by atoms with Gasteiger partial charge in [-0.15, -0.1) is 0 Å². The van der Waals surface area contributed by atoms with Gasteiger partial charge in [0.15, 0.2) is 0 Å². The Hall–Kier alpha value is -3.23. The lowest BCUT2D eigenvalue weighted by atomic mass is 10.1. The van der Waals surface area contributed by atoms with Gasteiger partial charge in [-0.25, -0.2) is 4.98 Å². The summed E-state index contributed by atoms with van der Waals surface area (Å²) in [6.07, 6.45) is 4.08. The average Bonchev–Trinajstić information content (AvgIpc) is 3.57. The van der Waals surface area contributed by atoms with Crippen molar-refractivity contribution in [1.82, 2.24) is 14.9 Å². The van der Waals surface area contributed by atoms with Crippen LogP contribution >= 0.6 is 0 Å². The van der Waals surface area contributed by atoms with Gasteiger partial charge in [0.25, 0.3) is 11.5 Å². The first-order valence-electron chi connectivity index (χ1n) is 11.9. The van der Waals surface area contributed by atoms with Crippen LogP contribution in [0.1, 0.15) is 41.9 Å². The minimum absolute atomic E-state index is 0.0230. The molecule has 2 fully saturated rings. The number of nitrogens with zero attached hydrogens (tertiary/aromatic N) is 2. The number of H-pyrrole nitrogens is 1. The van der Waals surface area contributed by atoms with Gasteiger partial charge in [-0.1, -0.05) is 12.1 Å². The van der Waals surface area contributed by atoms with Crippen LogP contribution in [0.3, 0.4) is 0 Å². The number of fused-ring (bicyclic) bond motifs is 1. The van der Waals surface area contributed by atoms with Gasteiger partial charge in [0.2, 0.25) is 0 Å². The normalized spacial score (nSPS) is 20.0. The van der Waals surface area contributed by atoms with Gasteiger partial charge >= 0.3 is 0 Å². The molecule has 2 aliphatic heterocycles. The fraction of sp³-hybridized carbons (Fsp3) is 0.423. The standard InChI is InChI=1S/C26H29N3O5/c30-25-22-7-1-2-8-23(22)27-24(28-25)16-29(15-20-5-3-13-32-20)26(31)18-9-11-19(12-10-18)34-17-21-6-4-14-33-21/h1-2,7-12,20-21H,3-6,13-17H2,(H,27,28,30)/t20-,21+/m1/s1. The van der Waals surface area contributed by atoms with E-state index >= 15 is 0 Å². The Bertz CT molecular complexity index is 1180. The zero-order valence-electron chi connectivity index (χ0n) is 19.1. The molecule has 1 amide bonds. The monoisotopic (exact) mass is 463 g/mol. The number of para-hydroxylation sites is 1. The van der Waals surface area contributed by atoms with E-state index in [0.717, 1.165) is 32.3 Å². The molecule has 8 nitrogen and oxygen atoms in total. The molecule has 0 aliphatic carbocycles. The summed E-state index contributed by atoms with van der Waals surface area (Å²) >= 11 is 0. The third-order valence-corrected chi connectivity index (χ3v) is 6.30. The number of benzene rings is 2. The lowest BCUT2D eigenvalue weighted by Gasteiger charge is -2.25. The highest BCUT2D eigenvalue weighted by Crippen LogP contribution is 2.20. The molecule has 3 heterocycles. The molecule has 2 aliphatic rings. The maximum absolute atomic E-state index is 13.5.